The Kier molecular flexibility index (Phi) is 3.37. The van der Waals surface area contributed by atoms with E-state index in [-0.39, 0.29) is 13.1 Å². The molecule has 0 aromatic heterocycles. The lowest BCUT2D eigenvalue weighted by atomic mass is 10.1. The van der Waals surface area contributed by atoms with E-state index in [0.717, 1.165) is 4.31 Å². The molecule has 0 saturated carbocycles. The van der Waals surface area contributed by atoms with E-state index in [1.54, 1.807) is 6.92 Å². The molecule has 1 rings (SSSR count). The summed E-state index contributed by atoms with van der Waals surface area (Å²) in [5, 5.41) is 18.0. The maximum Gasteiger partial charge on any atom is 0.304 e. The number of hydrogen-bond donors (Lipinski definition) is 2. The highest BCUT2D eigenvalue weighted by Crippen LogP contribution is 2.23. The Balaban J connectivity index is 2.60. The van der Waals surface area contributed by atoms with Gasteiger partial charge in [0.1, 0.15) is 0 Å². The van der Waals surface area contributed by atoms with Gasteiger partial charge in [-0.1, -0.05) is 0 Å². The van der Waals surface area contributed by atoms with Crippen LogP contribution in [0.15, 0.2) is 0 Å². The SMILES string of the molecule is CC1(O)CCN(S(=O)(=O)CCC(=O)O)C1. The monoisotopic (exact) mass is 237 g/mol. The second-order valence-electron chi connectivity index (χ2n) is 4.04. The largest absolute Gasteiger partial charge is 0.481 e. The fourth-order valence-corrected chi connectivity index (χ4v) is 3.02. The maximum absolute atomic E-state index is 11.6. The number of hydrogen-bond acceptors (Lipinski definition) is 4. The molecule has 1 aliphatic rings. The summed E-state index contributed by atoms with van der Waals surface area (Å²) in [6.45, 7) is 1.88. The van der Waals surface area contributed by atoms with Gasteiger partial charge < -0.3 is 10.2 Å². The van der Waals surface area contributed by atoms with Gasteiger partial charge in [-0.3, -0.25) is 4.79 Å². The third kappa shape index (κ3) is 3.44. The zero-order valence-corrected chi connectivity index (χ0v) is 9.33. The van der Waals surface area contributed by atoms with Gasteiger partial charge in [0, 0.05) is 13.1 Å². The topological polar surface area (TPSA) is 94.9 Å². The van der Waals surface area contributed by atoms with Crippen LogP contribution in [0.3, 0.4) is 0 Å². The van der Waals surface area contributed by atoms with E-state index in [9.17, 15) is 18.3 Å². The first-order valence-electron chi connectivity index (χ1n) is 4.65. The molecule has 1 fully saturated rings. The minimum absolute atomic E-state index is 0.0505. The highest BCUT2D eigenvalue weighted by molar-refractivity contribution is 7.89. The van der Waals surface area contributed by atoms with Gasteiger partial charge in [-0.25, -0.2) is 8.42 Å². The third-order valence-corrected chi connectivity index (χ3v) is 4.20. The van der Waals surface area contributed by atoms with Crippen molar-refractivity contribution in [1.29, 1.82) is 0 Å². The van der Waals surface area contributed by atoms with Crippen molar-refractivity contribution in [2.75, 3.05) is 18.8 Å². The van der Waals surface area contributed by atoms with E-state index in [1.807, 2.05) is 0 Å². The lowest BCUT2D eigenvalue weighted by molar-refractivity contribution is -0.136. The summed E-state index contributed by atoms with van der Waals surface area (Å²) in [6, 6.07) is 0. The van der Waals surface area contributed by atoms with Crippen LogP contribution in [0, 0.1) is 0 Å². The Morgan fingerprint density at radius 2 is 2.13 bits per heavy atom. The van der Waals surface area contributed by atoms with Crippen molar-refractivity contribution in [3.63, 3.8) is 0 Å². The molecule has 1 atom stereocenters. The predicted molar refractivity (Wildman–Crippen MR) is 52.9 cm³/mol. The van der Waals surface area contributed by atoms with Crippen LogP contribution in [-0.2, 0) is 14.8 Å². The number of sulfonamides is 1. The molecule has 0 aliphatic carbocycles. The predicted octanol–water partition coefficient (Wildman–Crippen LogP) is -0.752. The van der Waals surface area contributed by atoms with Crippen molar-refractivity contribution in [1.82, 2.24) is 4.31 Å². The molecule has 15 heavy (non-hydrogen) atoms. The molecule has 1 aliphatic heterocycles. The summed E-state index contributed by atoms with van der Waals surface area (Å²) in [4.78, 5) is 10.3. The van der Waals surface area contributed by atoms with E-state index in [0.29, 0.717) is 6.42 Å². The Morgan fingerprint density at radius 3 is 2.53 bits per heavy atom. The number of aliphatic carboxylic acids is 1. The van der Waals surface area contributed by atoms with Crippen molar-refractivity contribution >= 4 is 16.0 Å². The lowest BCUT2D eigenvalue weighted by Gasteiger charge is -2.18. The van der Waals surface area contributed by atoms with Crippen LogP contribution in [-0.4, -0.2) is 53.3 Å². The molecule has 0 radical (unpaired) electrons. The van der Waals surface area contributed by atoms with Gasteiger partial charge in [-0.15, -0.1) is 0 Å². The van der Waals surface area contributed by atoms with Crippen molar-refractivity contribution in [2.45, 2.75) is 25.4 Å². The summed E-state index contributed by atoms with van der Waals surface area (Å²) in [5.74, 6) is -1.54. The molecule has 1 unspecified atom stereocenters. The van der Waals surface area contributed by atoms with Gasteiger partial charge in [0.2, 0.25) is 10.0 Å². The quantitative estimate of drug-likeness (QED) is 0.670. The van der Waals surface area contributed by atoms with Crippen LogP contribution in [0.25, 0.3) is 0 Å². The first kappa shape index (κ1) is 12.4. The molecule has 6 nitrogen and oxygen atoms in total. The van der Waals surface area contributed by atoms with Gasteiger partial charge >= 0.3 is 5.97 Å². The van der Waals surface area contributed by atoms with Crippen LogP contribution in [0.4, 0.5) is 0 Å². The minimum Gasteiger partial charge on any atom is -0.481 e. The average Bonchev–Trinajstić information content (AvgIpc) is 2.43. The zero-order chi connectivity index (χ0) is 11.7. The number of nitrogens with zero attached hydrogens (tertiary/aromatic N) is 1. The molecule has 88 valence electrons. The van der Waals surface area contributed by atoms with Crippen LogP contribution >= 0.6 is 0 Å². The number of rotatable bonds is 4. The zero-order valence-electron chi connectivity index (χ0n) is 8.51. The molecule has 1 saturated heterocycles. The molecule has 7 heteroatoms. The van der Waals surface area contributed by atoms with Crippen molar-refractivity contribution < 1.29 is 23.4 Å². The Bertz CT molecular complexity index is 348. The van der Waals surface area contributed by atoms with Crippen LogP contribution in [0.5, 0.6) is 0 Å². The Labute approximate surface area is 88.6 Å². The minimum atomic E-state index is -3.53. The normalized spacial score (nSPS) is 28.1. The second kappa shape index (κ2) is 4.07. The van der Waals surface area contributed by atoms with Crippen molar-refractivity contribution in [3.05, 3.63) is 0 Å². The molecule has 0 spiro atoms. The molecular formula is C8H15NO5S. The Morgan fingerprint density at radius 1 is 1.53 bits per heavy atom. The summed E-state index contributed by atoms with van der Waals surface area (Å²) >= 11 is 0. The van der Waals surface area contributed by atoms with E-state index in [2.05, 4.69) is 0 Å². The highest BCUT2D eigenvalue weighted by Gasteiger charge is 2.37. The number of carboxylic acid groups (broad SMARTS) is 1. The lowest BCUT2D eigenvalue weighted by Crippen LogP contribution is -2.35. The number of carbonyl (C=O) groups is 1. The average molecular weight is 237 g/mol. The summed E-state index contributed by atoms with van der Waals surface area (Å²) < 4.78 is 24.3. The standard InChI is InChI=1S/C8H15NO5S/c1-8(12)3-4-9(6-8)15(13,14)5-2-7(10)11/h12H,2-6H2,1H3,(H,10,11). The maximum atomic E-state index is 11.6. The summed E-state index contributed by atoms with van der Waals surface area (Å²) in [6.07, 6.45) is -0.0136. The second-order valence-corrected chi connectivity index (χ2v) is 6.13. The fraction of sp³-hybridized carbons (Fsp3) is 0.875. The molecule has 0 bridgehead atoms. The van der Waals surface area contributed by atoms with Gasteiger partial charge in [0.25, 0.3) is 0 Å². The molecule has 0 amide bonds. The Hall–Kier alpha value is -0.660. The molecule has 2 N–H and O–H groups in total. The van der Waals surface area contributed by atoms with E-state index >= 15 is 0 Å². The smallest absolute Gasteiger partial charge is 0.304 e. The van der Waals surface area contributed by atoms with Gasteiger partial charge in [0.15, 0.2) is 0 Å². The number of carboxylic acids is 1. The first-order valence-corrected chi connectivity index (χ1v) is 6.26. The molecule has 1 heterocycles. The van der Waals surface area contributed by atoms with Gasteiger partial charge in [-0.05, 0) is 13.3 Å². The van der Waals surface area contributed by atoms with E-state index < -0.39 is 33.8 Å². The number of aliphatic hydroxyl groups is 1. The third-order valence-electron chi connectivity index (χ3n) is 2.38. The van der Waals surface area contributed by atoms with Gasteiger partial charge in [0.05, 0.1) is 17.8 Å². The van der Waals surface area contributed by atoms with Gasteiger partial charge in [-0.2, -0.15) is 4.31 Å². The van der Waals surface area contributed by atoms with Crippen molar-refractivity contribution in [2.24, 2.45) is 0 Å². The van der Waals surface area contributed by atoms with E-state index in [1.165, 1.54) is 0 Å². The summed E-state index contributed by atoms with van der Waals surface area (Å²) in [7, 11) is -3.53. The molecule has 0 aromatic rings. The molecule has 0 aromatic carbocycles. The molecular weight excluding hydrogens is 222 g/mol. The fourth-order valence-electron chi connectivity index (χ4n) is 1.49. The highest BCUT2D eigenvalue weighted by atomic mass is 32.2. The first-order chi connectivity index (χ1) is 6.73. The summed E-state index contributed by atoms with van der Waals surface area (Å²) in [5.41, 5.74) is -0.990. The van der Waals surface area contributed by atoms with E-state index in [4.69, 9.17) is 5.11 Å². The van der Waals surface area contributed by atoms with Crippen LogP contribution in [0.1, 0.15) is 19.8 Å². The van der Waals surface area contributed by atoms with Crippen molar-refractivity contribution in [3.8, 4) is 0 Å². The van der Waals surface area contributed by atoms with Crippen LogP contribution in [0.2, 0.25) is 0 Å². The van der Waals surface area contributed by atoms with Crippen LogP contribution < -0.4 is 0 Å². The number of β-amino-alcohol motifs (C(OH)–C–C–N with tert-alkyl or cyclic N) is 1.